The Kier molecular flexibility index (Phi) is 4.85. The van der Waals surface area contributed by atoms with Crippen LogP contribution in [0.4, 0.5) is 0 Å². The molecule has 1 fully saturated rings. The predicted molar refractivity (Wildman–Crippen MR) is 54.4 cm³/mol. The van der Waals surface area contributed by atoms with Crippen molar-refractivity contribution in [2.24, 2.45) is 0 Å². The summed E-state index contributed by atoms with van der Waals surface area (Å²) in [6.07, 6.45) is 7.43. The molecule has 1 saturated heterocycles. The number of rotatable bonds is 4. The van der Waals surface area contributed by atoms with Gasteiger partial charge in [0.05, 0.1) is 12.1 Å². The number of hydrogen-bond donors (Lipinski definition) is 0. The van der Waals surface area contributed by atoms with Crippen LogP contribution in [0.25, 0.3) is 0 Å². The van der Waals surface area contributed by atoms with Crippen molar-refractivity contribution in [1.82, 2.24) is 4.90 Å². The van der Waals surface area contributed by atoms with Crippen molar-refractivity contribution >= 4 is 0 Å². The summed E-state index contributed by atoms with van der Waals surface area (Å²) in [6.45, 7) is 4.49. The first-order valence-corrected chi connectivity index (χ1v) is 5.52. The molecule has 1 unspecified atom stereocenters. The van der Waals surface area contributed by atoms with Gasteiger partial charge in [-0.05, 0) is 38.8 Å². The molecular formula is C11H20N2. The number of likely N-dealkylation sites (tertiary alicyclic amines) is 1. The van der Waals surface area contributed by atoms with Crippen molar-refractivity contribution in [3.05, 3.63) is 0 Å². The predicted octanol–water partition coefficient (Wildman–Crippen LogP) is 2.55. The maximum absolute atomic E-state index is 8.93. The van der Waals surface area contributed by atoms with E-state index in [2.05, 4.69) is 17.9 Å². The molecule has 13 heavy (non-hydrogen) atoms. The molecule has 2 heteroatoms. The van der Waals surface area contributed by atoms with E-state index in [4.69, 9.17) is 5.26 Å². The summed E-state index contributed by atoms with van der Waals surface area (Å²) in [4.78, 5) is 2.36. The minimum atomic E-state index is 0.214. The number of unbranched alkanes of at least 4 members (excludes halogenated alkanes) is 2. The second-order valence-corrected chi connectivity index (χ2v) is 3.88. The number of nitriles is 1. The zero-order chi connectivity index (χ0) is 9.52. The van der Waals surface area contributed by atoms with Gasteiger partial charge in [-0.1, -0.05) is 19.8 Å². The second-order valence-electron chi connectivity index (χ2n) is 3.88. The largest absolute Gasteiger partial charge is 0.288 e. The molecule has 0 spiro atoms. The summed E-state index contributed by atoms with van der Waals surface area (Å²) in [5.74, 6) is 0. The van der Waals surface area contributed by atoms with E-state index in [9.17, 15) is 0 Å². The van der Waals surface area contributed by atoms with Crippen LogP contribution in [-0.2, 0) is 0 Å². The fraction of sp³-hybridized carbons (Fsp3) is 0.909. The number of hydrogen-bond acceptors (Lipinski definition) is 2. The van der Waals surface area contributed by atoms with E-state index < -0.39 is 0 Å². The summed E-state index contributed by atoms with van der Waals surface area (Å²) in [5.41, 5.74) is 0. The highest BCUT2D eigenvalue weighted by Crippen LogP contribution is 2.16. The minimum Gasteiger partial charge on any atom is -0.288 e. The van der Waals surface area contributed by atoms with Crippen LogP contribution in [0.15, 0.2) is 0 Å². The van der Waals surface area contributed by atoms with Gasteiger partial charge < -0.3 is 0 Å². The van der Waals surface area contributed by atoms with Crippen LogP contribution < -0.4 is 0 Å². The van der Waals surface area contributed by atoms with Gasteiger partial charge in [0.25, 0.3) is 0 Å². The Morgan fingerprint density at radius 1 is 1.38 bits per heavy atom. The van der Waals surface area contributed by atoms with Gasteiger partial charge in [-0.3, -0.25) is 4.90 Å². The van der Waals surface area contributed by atoms with Crippen LogP contribution in [0.3, 0.4) is 0 Å². The molecule has 0 saturated carbocycles. The molecule has 0 aromatic rings. The Bertz CT molecular complexity index is 171. The fourth-order valence-corrected chi connectivity index (χ4v) is 1.97. The van der Waals surface area contributed by atoms with Crippen molar-refractivity contribution in [3.8, 4) is 6.07 Å². The van der Waals surface area contributed by atoms with Crippen molar-refractivity contribution in [3.63, 3.8) is 0 Å². The zero-order valence-corrected chi connectivity index (χ0v) is 8.63. The van der Waals surface area contributed by atoms with E-state index >= 15 is 0 Å². The SMILES string of the molecule is CCCCCN1CCCCC1C#N. The maximum Gasteiger partial charge on any atom is 0.0977 e. The first kappa shape index (κ1) is 10.5. The van der Waals surface area contributed by atoms with E-state index in [-0.39, 0.29) is 6.04 Å². The molecule has 74 valence electrons. The Morgan fingerprint density at radius 2 is 2.23 bits per heavy atom. The first-order valence-electron chi connectivity index (χ1n) is 5.52. The summed E-state index contributed by atoms with van der Waals surface area (Å²) in [6, 6.07) is 2.62. The molecule has 0 bridgehead atoms. The summed E-state index contributed by atoms with van der Waals surface area (Å²) >= 11 is 0. The zero-order valence-electron chi connectivity index (χ0n) is 8.63. The summed E-state index contributed by atoms with van der Waals surface area (Å²) < 4.78 is 0. The second kappa shape index (κ2) is 5.99. The monoisotopic (exact) mass is 180 g/mol. The van der Waals surface area contributed by atoms with Gasteiger partial charge in [0.15, 0.2) is 0 Å². The molecule has 0 radical (unpaired) electrons. The Hall–Kier alpha value is -0.550. The molecule has 0 aliphatic carbocycles. The van der Waals surface area contributed by atoms with Crippen molar-refractivity contribution in [2.75, 3.05) is 13.1 Å². The van der Waals surface area contributed by atoms with Gasteiger partial charge >= 0.3 is 0 Å². The molecule has 2 nitrogen and oxygen atoms in total. The Morgan fingerprint density at radius 3 is 2.92 bits per heavy atom. The number of piperidine rings is 1. The quantitative estimate of drug-likeness (QED) is 0.622. The Labute approximate surface area is 81.5 Å². The third kappa shape index (κ3) is 3.36. The molecule has 0 aromatic carbocycles. The topological polar surface area (TPSA) is 27.0 Å². The highest BCUT2D eigenvalue weighted by molar-refractivity contribution is 4.93. The van der Waals surface area contributed by atoms with Gasteiger partial charge in [-0.15, -0.1) is 0 Å². The van der Waals surface area contributed by atoms with Gasteiger partial charge in [-0.2, -0.15) is 5.26 Å². The van der Waals surface area contributed by atoms with E-state index in [0.717, 1.165) is 19.5 Å². The molecule has 1 heterocycles. The van der Waals surface area contributed by atoms with Gasteiger partial charge in [0, 0.05) is 0 Å². The van der Waals surface area contributed by atoms with Gasteiger partial charge in [-0.25, -0.2) is 0 Å². The summed E-state index contributed by atoms with van der Waals surface area (Å²) in [7, 11) is 0. The lowest BCUT2D eigenvalue weighted by Gasteiger charge is -2.31. The molecule has 0 amide bonds. The molecule has 1 aliphatic rings. The van der Waals surface area contributed by atoms with Gasteiger partial charge in [0.2, 0.25) is 0 Å². The van der Waals surface area contributed by atoms with Crippen molar-refractivity contribution in [1.29, 1.82) is 5.26 Å². The minimum absolute atomic E-state index is 0.214. The highest BCUT2D eigenvalue weighted by Gasteiger charge is 2.20. The Balaban J connectivity index is 2.24. The van der Waals surface area contributed by atoms with Crippen LogP contribution in [0, 0.1) is 11.3 Å². The normalized spacial score (nSPS) is 24.2. The highest BCUT2D eigenvalue weighted by atomic mass is 15.2. The summed E-state index contributed by atoms with van der Waals surface area (Å²) in [5, 5.41) is 8.93. The fourth-order valence-electron chi connectivity index (χ4n) is 1.97. The smallest absolute Gasteiger partial charge is 0.0977 e. The van der Waals surface area contributed by atoms with Crippen LogP contribution in [0.2, 0.25) is 0 Å². The van der Waals surface area contributed by atoms with E-state index in [1.165, 1.54) is 32.1 Å². The standard InChI is InChI=1S/C11H20N2/c1-2-3-5-8-13-9-6-4-7-11(13)10-12/h11H,2-9H2,1H3. The van der Waals surface area contributed by atoms with E-state index in [1.54, 1.807) is 0 Å². The molecule has 1 aliphatic heterocycles. The van der Waals surface area contributed by atoms with Crippen LogP contribution >= 0.6 is 0 Å². The lowest BCUT2D eigenvalue weighted by atomic mass is 10.0. The lowest BCUT2D eigenvalue weighted by molar-refractivity contribution is 0.181. The molecule has 1 atom stereocenters. The van der Waals surface area contributed by atoms with Crippen LogP contribution in [0.5, 0.6) is 0 Å². The van der Waals surface area contributed by atoms with E-state index in [0.29, 0.717) is 0 Å². The lowest BCUT2D eigenvalue weighted by Crippen LogP contribution is -2.39. The number of nitrogens with zero attached hydrogens (tertiary/aromatic N) is 2. The van der Waals surface area contributed by atoms with Crippen LogP contribution in [-0.4, -0.2) is 24.0 Å². The molecule has 1 rings (SSSR count). The van der Waals surface area contributed by atoms with Crippen molar-refractivity contribution in [2.45, 2.75) is 51.5 Å². The third-order valence-electron chi connectivity index (χ3n) is 2.81. The van der Waals surface area contributed by atoms with Gasteiger partial charge in [0.1, 0.15) is 0 Å². The van der Waals surface area contributed by atoms with E-state index in [1.807, 2.05) is 0 Å². The first-order chi connectivity index (χ1) is 6.38. The molecule has 0 N–H and O–H groups in total. The van der Waals surface area contributed by atoms with Crippen molar-refractivity contribution < 1.29 is 0 Å². The maximum atomic E-state index is 8.93. The average Bonchev–Trinajstić information content (AvgIpc) is 2.19. The third-order valence-corrected chi connectivity index (χ3v) is 2.81. The average molecular weight is 180 g/mol. The van der Waals surface area contributed by atoms with Crippen LogP contribution in [0.1, 0.15) is 45.4 Å². The molecule has 0 aromatic heterocycles. The molecular weight excluding hydrogens is 160 g/mol.